The Bertz CT molecular complexity index is 605. The third-order valence-corrected chi connectivity index (χ3v) is 2.64. The molecule has 2 aromatic carbocycles. The number of hydrogen-bond acceptors (Lipinski definition) is 4. The molecule has 0 heterocycles. The van der Waals surface area contributed by atoms with E-state index < -0.39 is 0 Å². The van der Waals surface area contributed by atoms with Gasteiger partial charge < -0.3 is 14.9 Å². The summed E-state index contributed by atoms with van der Waals surface area (Å²) in [5.41, 5.74) is 1.69. The van der Waals surface area contributed by atoms with Gasteiger partial charge in [0.2, 0.25) is 0 Å². The average Bonchev–Trinajstić information content (AvgIpc) is 2.48. The summed E-state index contributed by atoms with van der Waals surface area (Å²) in [6.07, 6.45) is 0. The van der Waals surface area contributed by atoms with Crippen molar-refractivity contribution in [2.24, 2.45) is 0 Å². The normalized spacial score (nSPS) is 9.74. The van der Waals surface area contributed by atoms with E-state index in [-0.39, 0.29) is 6.61 Å². The molecule has 0 spiro atoms. The maximum atomic E-state index is 9.19. The lowest BCUT2D eigenvalue weighted by Crippen LogP contribution is -2.18. The lowest BCUT2D eigenvalue weighted by molar-refractivity contribution is 0.282. The van der Waals surface area contributed by atoms with E-state index in [1.807, 2.05) is 6.07 Å². The fraction of sp³-hybridized carbons (Fsp3) is 0.0714. The molecule has 93 valence electrons. The standard InChI is InChI=1S/C14H11BNO3/c16-8-10-1-3-12(4-2-10)19-13-5-6-14(15-18)11(7-13)9-17/h1-7,17-18H,9H2. The van der Waals surface area contributed by atoms with Gasteiger partial charge in [-0.1, -0.05) is 6.07 Å². The zero-order valence-corrected chi connectivity index (χ0v) is 10.1. The second-order valence-electron chi connectivity index (χ2n) is 3.89. The molecule has 2 aromatic rings. The van der Waals surface area contributed by atoms with Crippen LogP contribution in [0.15, 0.2) is 42.5 Å². The van der Waals surface area contributed by atoms with Crippen molar-refractivity contribution in [1.29, 1.82) is 5.26 Å². The first-order valence-corrected chi connectivity index (χ1v) is 5.66. The molecular formula is C14H11BNO3. The molecule has 0 unspecified atom stereocenters. The van der Waals surface area contributed by atoms with Crippen LogP contribution in [0.5, 0.6) is 11.5 Å². The van der Waals surface area contributed by atoms with Crippen molar-refractivity contribution >= 4 is 12.9 Å². The van der Waals surface area contributed by atoms with E-state index in [4.69, 9.17) is 15.0 Å². The summed E-state index contributed by atoms with van der Waals surface area (Å²) in [5.74, 6) is 1.16. The highest BCUT2D eigenvalue weighted by atomic mass is 16.5. The van der Waals surface area contributed by atoms with Crippen molar-refractivity contribution in [3.63, 3.8) is 0 Å². The lowest BCUT2D eigenvalue weighted by Gasteiger charge is -2.09. The molecule has 19 heavy (non-hydrogen) atoms. The minimum absolute atomic E-state index is 0.184. The van der Waals surface area contributed by atoms with Crippen LogP contribution in [-0.4, -0.2) is 17.6 Å². The third-order valence-electron chi connectivity index (χ3n) is 2.64. The van der Waals surface area contributed by atoms with Gasteiger partial charge in [-0.05, 0) is 47.4 Å². The van der Waals surface area contributed by atoms with Crippen LogP contribution in [0.1, 0.15) is 11.1 Å². The van der Waals surface area contributed by atoms with Crippen molar-refractivity contribution < 1.29 is 14.9 Å². The zero-order valence-electron chi connectivity index (χ0n) is 10.1. The molecule has 0 bridgehead atoms. The number of hydrogen-bond donors (Lipinski definition) is 2. The van der Waals surface area contributed by atoms with Crippen LogP contribution in [0.25, 0.3) is 0 Å². The van der Waals surface area contributed by atoms with Gasteiger partial charge >= 0.3 is 7.48 Å². The van der Waals surface area contributed by atoms with Crippen molar-refractivity contribution in [2.45, 2.75) is 6.61 Å². The summed E-state index contributed by atoms with van der Waals surface area (Å²) in [6, 6.07) is 13.8. The number of rotatable bonds is 4. The van der Waals surface area contributed by atoms with Crippen molar-refractivity contribution in [1.82, 2.24) is 0 Å². The van der Waals surface area contributed by atoms with Crippen LogP contribution in [0, 0.1) is 11.3 Å². The molecule has 0 fully saturated rings. The summed E-state index contributed by atoms with van der Waals surface area (Å²) in [6.45, 7) is -0.184. The molecular weight excluding hydrogens is 241 g/mol. The van der Waals surface area contributed by atoms with Crippen molar-refractivity contribution in [3.05, 3.63) is 53.6 Å². The molecule has 2 rings (SSSR count). The number of ether oxygens (including phenoxy) is 1. The lowest BCUT2D eigenvalue weighted by atomic mass is 9.84. The van der Waals surface area contributed by atoms with Gasteiger partial charge in [-0.15, -0.1) is 0 Å². The predicted octanol–water partition coefficient (Wildman–Crippen LogP) is 1.08. The molecule has 0 saturated heterocycles. The number of nitrogens with zero attached hydrogens (tertiary/aromatic N) is 1. The highest BCUT2D eigenvalue weighted by Gasteiger charge is 2.05. The van der Waals surface area contributed by atoms with Crippen molar-refractivity contribution in [2.75, 3.05) is 0 Å². The summed E-state index contributed by atoms with van der Waals surface area (Å²) in [5, 5.41) is 26.9. The quantitative estimate of drug-likeness (QED) is 0.798. The first kappa shape index (κ1) is 13.2. The second-order valence-corrected chi connectivity index (χ2v) is 3.89. The van der Waals surface area contributed by atoms with E-state index in [9.17, 15) is 5.11 Å². The summed E-state index contributed by atoms with van der Waals surface area (Å²) in [7, 11) is 0.942. The molecule has 0 saturated carbocycles. The number of benzene rings is 2. The summed E-state index contributed by atoms with van der Waals surface area (Å²) in [4.78, 5) is 0. The van der Waals surface area contributed by atoms with E-state index >= 15 is 0 Å². The van der Waals surface area contributed by atoms with E-state index in [2.05, 4.69) is 0 Å². The Morgan fingerprint density at radius 2 is 1.79 bits per heavy atom. The number of nitriles is 1. The molecule has 5 heteroatoms. The highest BCUT2D eigenvalue weighted by molar-refractivity contribution is 6.46. The van der Waals surface area contributed by atoms with Crippen LogP contribution in [0.4, 0.5) is 0 Å². The predicted molar refractivity (Wildman–Crippen MR) is 71.2 cm³/mol. The Hall–Kier alpha value is -2.29. The Kier molecular flexibility index (Phi) is 4.19. The molecule has 0 aliphatic rings. The Balaban J connectivity index is 2.20. The van der Waals surface area contributed by atoms with Gasteiger partial charge in [0, 0.05) is 0 Å². The molecule has 0 aromatic heterocycles. The largest absolute Gasteiger partial charge is 0.457 e. The van der Waals surface area contributed by atoms with Crippen LogP contribution in [-0.2, 0) is 6.61 Å². The van der Waals surface area contributed by atoms with E-state index in [1.165, 1.54) is 0 Å². The third kappa shape index (κ3) is 3.13. The molecule has 0 aliphatic heterocycles. The zero-order chi connectivity index (χ0) is 13.7. The first-order chi connectivity index (χ1) is 9.26. The van der Waals surface area contributed by atoms with Gasteiger partial charge in [0.05, 0.1) is 18.2 Å². The van der Waals surface area contributed by atoms with E-state index in [0.29, 0.717) is 28.1 Å². The molecule has 0 amide bonds. The fourth-order valence-electron chi connectivity index (χ4n) is 1.64. The van der Waals surface area contributed by atoms with Crippen LogP contribution < -0.4 is 10.2 Å². The van der Waals surface area contributed by atoms with Gasteiger partial charge in [0.25, 0.3) is 0 Å². The monoisotopic (exact) mass is 252 g/mol. The Labute approximate surface area is 111 Å². The SMILES string of the molecule is N#Cc1ccc(Oc2ccc([B]O)c(CO)c2)cc1. The Morgan fingerprint density at radius 1 is 1.11 bits per heavy atom. The van der Waals surface area contributed by atoms with Gasteiger partial charge in [0.1, 0.15) is 11.5 Å². The number of aliphatic hydroxyl groups is 1. The van der Waals surface area contributed by atoms with Gasteiger partial charge in [-0.25, -0.2) is 0 Å². The van der Waals surface area contributed by atoms with Crippen LogP contribution in [0.3, 0.4) is 0 Å². The van der Waals surface area contributed by atoms with E-state index in [1.54, 1.807) is 42.5 Å². The van der Waals surface area contributed by atoms with Crippen molar-refractivity contribution in [3.8, 4) is 17.6 Å². The average molecular weight is 252 g/mol. The molecule has 4 nitrogen and oxygen atoms in total. The number of aliphatic hydroxyl groups excluding tert-OH is 1. The molecule has 0 atom stereocenters. The maximum absolute atomic E-state index is 9.19. The fourth-order valence-corrected chi connectivity index (χ4v) is 1.64. The van der Waals surface area contributed by atoms with Crippen LogP contribution in [0.2, 0.25) is 0 Å². The maximum Gasteiger partial charge on any atom is 0.327 e. The van der Waals surface area contributed by atoms with Gasteiger partial charge in [-0.3, -0.25) is 0 Å². The summed E-state index contributed by atoms with van der Waals surface area (Å²) < 4.78 is 5.60. The molecule has 0 aliphatic carbocycles. The molecule has 2 N–H and O–H groups in total. The van der Waals surface area contributed by atoms with Gasteiger partial charge in [-0.2, -0.15) is 5.26 Å². The topological polar surface area (TPSA) is 73.5 Å². The summed E-state index contributed by atoms with van der Waals surface area (Å²) >= 11 is 0. The molecule has 1 radical (unpaired) electrons. The van der Waals surface area contributed by atoms with E-state index in [0.717, 1.165) is 7.48 Å². The minimum atomic E-state index is -0.184. The smallest absolute Gasteiger partial charge is 0.327 e. The first-order valence-electron chi connectivity index (χ1n) is 5.66. The Morgan fingerprint density at radius 3 is 2.37 bits per heavy atom. The minimum Gasteiger partial charge on any atom is -0.457 e. The highest BCUT2D eigenvalue weighted by Crippen LogP contribution is 2.22. The van der Waals surface area contributed by atoms with Crippen LogP contribution >= 0.6 is 0 Å². The van der Waals surface area contributed by atoms with Gasteiger partial charge in [0.15, 0.2) is 0 Å². The second kappa shape index (κ2) is 6.05.